The molecule has 0 bridgehead atoms. The van der Waals surface area contributed by atoms with E-state index in [-0.39, 0.29) is 18.3 Å². The minimum atomic E-state index is -0.380. The molecule has 0 spiro atoms. The van der Waals surface area contributed by atoms with Crippen LogP contribution in [0.25, 0.3) is 0 Å². The summed E-state index contributed by atoms with van der Waals surface area (Å²) >= 11 is 1.70. The van der Waals surface area contributed by atoms with Crippen LogP contribution < -0.4 is 10.2 Å². The third-order valence-corrected chi connectivity index (χ3v) is 6.48. The van der Waals surface area contributed by atoms with Crippen molar-refractivity contribution >= 4 is 23.9 Å². The second-order valence-corrected chi connectivity index (χ2v) is 9.13. The lowest BCUT2D eigenvalue weighted by molar-refractivity contribution is 0.00578. The molecular formula is C20H29BN2O3S. The van der Waals surface area contributed by atoms with Gasteiger partial charge in [-0.25, -0.2) is 4.98 Å². The van der Waals surface area contributed by atoms with E-state index in [1.54, 1.807) is 18.4 Å². The van der Waals surface area contributed by atoms with E-state index in [0.717, 1.165) is 35.6 Å². The molecule has 0 amide bonds. The molecule has 0 aliphatic carbocycles. The van der Waals surface area contributed by atoms with E-state index in [2.05, 4.69) is 63.7 Å². The number of ether oxygens (including phenoxy) is 1. The fourth-order valence-corrected chi connectivity index (χ4v) is 3.97. The summed E-state index contributed by atoms with van der Waals surface area (Å²) in [6.45, 7) is 12.0. The van der Waals surface area contributed by atoms with Gasteiger partial charge in [-0.2, -0.15) is 0 Å². The first-order valence-corrected chi connectivity index (χ1v) is 10.1. The number of rotatable bonds is 6. The van der Waals surface area contributed by atoms with Crippen LogP contribution in [0.3, 0.4) is 0 Å². The molecule has 1 fully saturated rings. The van der Waals surface area contributed by atoms with Crippen LogP contribution >= 0.6 is 11.3 Å². The fraction of sp³-hybridized carbons (Fsp3) is 0.550. The first-order valence-electron chi connectivity index (χ1n) is 9.23. The van der Waals surface area contributed by atoms with E-state index in [1.807, 2.05) is 11.6 Å². The summed E-state index contributed by atoms with van der Waals surface area (Å²) in [4.78, 5) is 7.92. The molecule has 1 aromatic carbocycles. The lowest BCUT2D eigenvalue weighted by Gasteiger charge is -2.32. The summed E-state index contributed by atoms with van der Waals surface area (Å²) in [5, 5.41) is 0. The molecule has 0 atom stereocenters. The van der Waals surface area contributed by atoms with Gasteiger partial charge in [-0.15, -0.1) is 11.3 Å². The van der Waals surface area contributed by atoms with Gasteiger partial charge in [0.25, 0.3) is 0 Å². The topological polar surface area (TPSA) is 43.8 Å². The van der Waals surface area contributed by atoms with Crippen molar-refractivity contribution in [3.05, 3.63) is 39.8 Å². The third-order valence-electron chi connectivity index (χ3n) is 5.56. The predicted molar refractivity (Wildman–Crippen MR) is 111 cm³/mol. The number of benzene rings is 1. The second-order valence-electron chi connectivity index (χ2n) is 8.19. The minimum Gasteiger partial charge on any atom is -0.497 e. The van der Waals surface area contributed by atoms with Crippen molar-refractivity contribution in [2.45, 2.75) is 58.9 Å². The Balaban J connectivity index is 1.84. The van der Waals surface area contributed by atoms with E-state index < -0.39 is 0 Å². The van der Waals surface area contributed by atoms with Crippen molar-refractivity contribution in [1.29, 1.82) is 0 Å². The summed E-state index contributed by atoms with van der Waals surface area (Å²) in [5.74, 6) is 0.840. The van der Waals surface area contributed by atoms with Gasteiger partial charge in [0.1, 0.15) is 5.75 Å². The van der Waals surface area contributed by atoms with Crippen LogP contribution in [0, 0.1) is 6.92 Å². The van der Waals surface area contributed by atoms with Crippen LogP contribution in [-0.4, -0.2) is 42.4 Å². The highest BCUT2D eigenvalue weighted by molar-refractivity contribution is 7.09. The Hall–Kier alpha value is -1.41. The van der Waals surface area contributed by atoms with Gasteiger partial charge in [0.15, 0.2) is 0 Å². The Bertz CT molecular complexity index is 790. The second kappa shape index (κ2) is 7.55. The molecule has 3 rings (SSSR count). The third kappa shape index (κ3) is 4.21. The molecule has 0 N–H and O–H groups in total. The Labute approximate surface area is 166 Å². The predicted octanol–water partition coefficient (Wildman–Crippen LogP) is 3.39. The van der Waals surface area contributed by atoms with E-state index >= 15 is 0 Å². The first kappa shape index (κ1) is 20.3. The van der Waals surface area contributed by atoms with Crippen molar-refractivity contribution < 1.29 is 14.0 Å². The molecule has 0 radical (unpaired) electrons. The molecule has 27 heavy (non-hydrogen) atoms. The summed E-state index contributed by atoms with van der Waals surface area (Å²) in [6, 6.07) is 6.11. The highest BCUT2D eigenvalue weighted by atomic mass is 32.1. The van der Waals surface area contributed by atoms with Crippen molar-refractivity contribution in [1.82, 2.24) is 9.88 Å². The zero-order valence-electron chi connectivity index (χ0n) is 17.3. The van der Waals surface area contributed by atoms with Gasteiger partial charge in [0.2, 0.25) is 0 Å². The van der Waals surface area contributed by atoms with Gasteiger partial charge in [0.05, 0.1) is 29.5 Å². The summed E-state index contributed by atoms with van der Waals surface area (Å²) in [7, 11) is 3.43. The number of aromatic nitrogens is 1. The van der Waals surface area contributed by atoms with Gasteiger partial charge in [-0.1, -0.05) is 6.07 Å². The number of hydrogen-bond acceptors (Lipinski definition) is 6. The molecule has 0 saturated carbocycles. The van der Waals surface area contributed by atoms with Gasteiger partial charge in [-0.05, 0) is 64.8 Å². The van der Waals surface area contributed by atoms with E-state index in [0.29, 0.717) is 0 Å². The Morgan fingerprint density at radius 2 is 1.81 bits per heavy atom. The highest BCUT2D eigenvalue weighted by Crippen LogP contribution is 2.37. The Kier molecular flexibility index (Phi) is 5.68. The van der Waals surface area contributed by atoms with Crippen molar-refractivity contribution in [3.8, 4) is 5.75 Å². The zero-order chi connectivity index (χ0) is 19.8. The Morgan fingerprint density at radius 1 is 1.15 bits per heavy atom. The number of aryl methyl sites for hydroxylation is 1. The molecule has 0 unspecified atom stereocenters. The lowest BCUT2D eigenvalue weighted by Crippen LogP contribution is -2.41. The molecule has 1 aromatic heterocycles. The molecule has 2 heterocycles. The average Bonchev–Trinajstić information content (AvgIpc) is 3.07. The zero-order valence-corrected chi connectivity index (χ0v) is 18.1. The van der Waals surface area contributed by atoms with Crippen molar-refractivity contribution in [2.75, 3.05) is 14.2 Å². The standard InChI is InChI=1S/C20H29BN2O3S/c1-14-18(27-13-22-14)12-23(6)11-15-10-16(24-7)8-9-17(15)21-25-19(2,3)20(4,5)26-21/h8-10,13H,11-12H2,1-7H3. The largest absolute Gasteiger partial charge is 0.497 e. The van der Waals surface area contributed by atoms with Crippen molar-refractivity contribution in [3.63, 3.8) is 0 Å². The SMILES string of the molecule is COc1ccc(B2OC(C)(C)C(C)(C)O2)c(CN(C)Cc2scnc2C)c1. The van der Waals surface area contributed by atoms with Crippen LogP contribution in [0.4, 0.5) is 0 Å². The molecule has 1 aliphatic heterocycles. The molecule has 1 saturated heterocycles. The quantitative estimate of drug-likeness (QED) is 0.710. The maximum absolute atomic E-state index is 6.28. The normalized spacial score (nSPS) is 18.3. The van der Waals surface area contributed by atoms with E-state index in [1.165, 1.54) is 4.88 Å². The number of methoxy groups -OCH3 is 1. The van der Waals surface area contributed by atoms with Crippen molar-refractivity contribution in [2.24, 2.45) is 0 Å². The fourth-order valence-electron chi connectivity index (χ4n) is 3.12. The summed E-state index contributed by atoms with van der Waals surface area (Å²) in [5.41, 5.74) is 4.49. The van der Waals surface area contributed by atoms with E-state index in [9.17, 15) is 0 Å². The van der Waals surface area contributed by atoms with Gasteiger partial charge < -0.3 is 14.0 Å². The molecule has 7 heteroatoms. The van der Waals surface area contributed by atoms with Gasteiger partial charge in [0, 0.05) is 18.0 Å². The number of thiazole rings is 1. The van der Waals surface area contributed by atoms with E-state index in [4.69, 9.17) is 14.0 Å². The molecule has 1 aliphatic rings. The summed E-state index contributed by atoms with van der Waals surface area (Å²) in [6.07, 6.45) is 0. The van der Waals surface area contributed by atoms with Crippen LogP contribution in [-0.2, 0) is 22.4 Å². The number of nitrogens with zero attached hydrogens (tertiary/aromatic N) is 2. The number of hydrogen-bond donors (Lipinski definition) is 0. The van der Waals surface area contributed by atoms with Crippen LogP contribution in [0.2, 0.25) is 0 Å². The highest BCUT2D eigenvalue weighted by Gasteiger charge is 2.52. The molecule has 146 valence electrons. The smallest absolute Gasteiger partial charge is 0.495 e. The summed E-state index contributed by atoms with van der Waals surface area (Å²) < 4.78 is 18.0. The van der Waals surface area contributed by atoms with Gasteiger partial charge >= 0.3 is 7.12 Å². The molecule has 5 nitrogen and oxygen atoms in total. The maximum atomic E-state index is 6.28. The monoisotopic (exact) mass is 388 g/mol. The van der Waals surface area contributed by atoms with Crippen LogP contribution in [0.5, 0.6) is 5.75 Å². The maximum Gasteiger partial charge on any atom is 0.495 e. The van der Waals surface area contributed by atoms with Crippen LogP contribution in [0.15, 0.2) is 23.7 Å². The average molecular weight is 388 g/mol. The molecule has 2 aromatic rings. The van der Waals surface area contributed by atoms with Crippen LogP contribution in [0.1, 0.15) is 43.8 Å². The minimum absolute atomic E-state index is 0.361. The Morgan fingerprint density at radius 3 is 2.37 bits per heavy atom. The lowest BCUT2D eigenvalue weighted by atomic mass is 9.75. The molecular weight excluding hydrogens is 359 g/mol. The van der Waals surface area contributed by atoms with Gasteiger partial charge in [-0.3, -0.25) is 4.90 Å². The first-order chi connectivity index (χ1) is 12.6.